The summed E-state index contributed by atoms with van der Waals surface area (Å²) in [6.45, 7) is 9.67. The van der Waals surface area contributed by atoms with Crippen LogP contribution < -0.4 is 0 Å². The molecular weight excluding hydrogens is 138 g/mol. The van der Waals surface area contributed by atoms with Crippen LogP contribution in [0.1, 0.15) is 27.7 Å². The molecule has 68 valence electrons. The Morgan fingerprint density at radius 2 is 1.82 bits per heavy atom. The molecule has 0 aromatic heterocycles. The van der Waals surface area contributed by atoms with E-state index in [-0.39, 0.29) is 12.0 Å². The van der Waals surface area contributed by atoms with Gasteiger partial charge in [-0.2, -0.15) is 0 Å². The molecule has 0 bridgehead atoms. The highest BCUT2D eigenvalue weighted by Crippen LogP contribution is 2.15. The summed E-state index contributed by atoms with van der Waals surface area (Å²) < 4.78 is 0. The van der Waals surface area contributed by atoms with Gasteiger partial charge in [0.2, 0.25) is 0 Å². The second-order valence-corrected chi connectivity index (χ2v) is 4.33. The minimum Gasteiger partial charge on any atom is -0.396 e. The highest BCUT2D eigenvalue weighted by molar-refractivity contribution is 4.72. The molecule has 0 aliphatic rings. The van der Waals surface area contributed by atoms with Crippen LogP contribution in [0.2, 0.25) is 0 Å². The largest absolute Gasteiger partial charge is 0.396 e. The fourth-order valence-electron chi connectivity index (χ4n) is 0.908. The first-order chi connectivity index (χ1) is 4.89. The van der Waals surface area contributed by atoms with E-state index in [1.807, 2.05) is 0 Å². The Bertz CT molecular complexity index is 110. The monoisotopic (exact) mass is 159 g/mol. The zero-order valence-corrected chi connectivity index (χ0v) is 8.39. The highest BCUT2D eigenvalue weighted by Gasteiger charge is 2.19. The van der Waals surface area contributed by atoms with Crippen LogP contribution in [0.15, 0.2) is 0 Å². The summed E-state index contributed by atoms with van der Waals surface area (Å²) in [5, 5.41) is 9.00. The SMILES string of the molecule is CC(C)N(C)CC(C)(C)CO. The summed E-state index contributed by atoms with van der Waals surface area (Å²) in [5.74, 6) is 0. The maximum Gasteiger partial charge on any atom is 0.0494 e. The fourth-order valence-corrected chi connectivity index (χ4v) is 0.908. The van der Waals surface area contributed by atoms with E-state index in [1.165, 1.54) is 0 Å². The predicted molar refractivity (Wildman–Crippen MR) is 48.6 cm³/mol. The molecule has 11 heavy (non-hydrogen) atoms. The summed E-state index contributed by atoms with van der Waals surface area (Å²) in [4.78, 5) is 2.25. The van der Waals surface area contributed by atoms with Crippen molar-refractivity contribution in [2.24, 2.45) is 5.41 Å². The van der Waals surface area contributed by atoms with Gasteiger partial charge in [-0.25, -0.2) is 0 Å². The molecule has 0 fully saturated rings. The lowest BCUT2D eigenvalue weighted by Gasteiger charge is -2.30. The van der Waals surface area contributed by atoms with Crippen molar-refractivity contribution in [3.63, 3.8) is 0 Å². The molecule has 0 heterocycles. The zero-order valence-electron chi connectivity index (χ0n) is 8.39. The van der Waals surface area contributed by atoms with Gasteiger partial charge in [0, 0.05) is 24.6 Å². The Morgan fingerprint density at radius 1 is 1.36 bits per heavy atom. The number of hydrogen-bond acceptors (Lipinski definition) is 2. The van der Waals surface area contributed by atoms with Gasteiger partial charge < -0.3 is 10.0 Å². The number of aliphatic hydroxyl groups excluding tert-OH is 1. The van der Waals surface area contributed by atoms with Crippen molar-refractivity contribution in [1.29, 1.82) is 0 Å². The molecule has 2 nitrogen and oxygen atoms in total. The van der Waals surface area contributed by atoms with E-state index < -0.39 is 0 Å². The Labute approximate surface area is 70.2 Å². The normalized spacial score (nSPS) is 13.1. The quantitative estimate of drug-likeness (QED) is 0.669. The number of hydrogen-bond donors (Lipinski definition) is 1. The Morgan fingerprint density at radius 3 is 2.09 bits per heavy atom. The summed E-state index contributed by atoms with van der Waals surface area (Å²) >= 11 is 0. The second kappa shape index (κ2) is 4.07. The van der Waals surface area contributed by atoms with Crippen molar-refractivity contribution in [3.05, 3.63) is 0 Å². The Kier molecular flexibility index (Phi) is 4.04. The minimum absolute atomic E-state index is 0.0268. The fraction of sp³-hybridized carbons (Fsp3) is 1.00. The van der Waals surface area contributed by atoms with E-state index in [2.05, 4.69) is 39.6 Å². The number of aliphatic hydroxyl groups is 1. The Hall–Kier alpha value is -0.0800. The van der Waals surface area contributed by atoms with Crippen molar-refractivity contribution in [2.75, 3.05) is 20.2 Å². The third-order valence-electron chi connectivity index (χ3n) is 1.99. The standard InChI is InChI=1S/C9H21NO/c1-8(2)10(5)6-9(3,4)7-11/h8,11H,6-7H2,1-5H3. The maximum atomic E-state index is 9.00. The van der Waals surface area contributed by atoms with Gasteiger partial charge in [0.25, 0.3) is 0 Å². The molecule has 0 radical (unpaired) electrons. The molecule has 0 atom stereocenters. The summed E-state index contributed by atoms with van der Waals surface area (Å²) in [6, 6.07) is 0.556. The third-order valence-corrected chi connectivity index (χ3v) is 1.99. The van der Waals surface area contributed by atoms with Gasteiger partial charge in [0.1, 0.15) is 0 Å². The first-order valence-corrected chi connectivity index (χ1v) is 4.20. The van der Waals surface area contributed by atoms with E-state index in [9.17, 15) is 0 Å². The van der Waals surface area contributed by atoms with E-state index in [1.54, 1.807) is 0 Å². The summed E-state index contributed by atoms with van der Waals surface area (Å²) in [7, 11) is 2.09. The zero-order chi connectivity index (χ0) is 9.07. The molecule has 0 aliphatic carbocycles. The van der Waals surface area contributed by atoms with Gasteiger partial charge >= 0.3 is 0 Å². The molecule has 0 aromatic rings. The van der Waals surface area contributed by atoms with E-state index >= 15 is 0 Å². The first kappa shape index (κ1) is 10.9. The maximum absolute atomic E-state index is 9.00. The van der Waals surface area contributed by atoms with E-state index in [0.29, 0.717) is 6.04 Å². The number of rotatable bonds is 4. The lowest BCUT2D eigenvalue weighted by atomic mass is 9.94. The van der Waals surface area contributed by atoms with Crippen molar-refractivity contribution < 1.29 is 5.11 Å². The molecule has 0 rings (SSSR count). The van der Waals surface area contributed by atoms with Gasteiger partial charge in [-0.15, -0.1) is 0 Å². The van der Waals surface area contributed by atoms with E-state index in [0.717, 1.165) is 6.54 Å². The van der Waals surface area contributed by atoms with Crippen LogP contribution in [0.3, 0.4) is 0 Å². The van der Waals surface area contributed by atoms with Gasteiger partial charge in [0.15, 0.2) is 0 Å². The smallest absolute Gasteiger partial charge is 0.0494 e. The molecule has 1 N–H and O–H groups in total. The van der Waals surface area contributed by atoms with Gasteiger partial charge in [-0.05, 0) is 20.9 Å². The number of nitrogens with zero attached hydrogens (tertiary/aromatic N) is 1. The molecule has 0 spiro atoms. The molecule has 2 heteroatoms. The van der Waals surface area contributed by atoms with Crippen molar-refractivity contribution in [2.45, 2.75) is 33.7 Å². The molecule has 0 saturated heterocycles. The van der Waals surface area contributed by atoms with Crippen LogP contribution in [0.4, 0.5) is 0 Å². The lowest BCUT2D eigenvalue weighted by Crippen LogP contribution is -2.37. The van der Waals surface area contributed by atoms with Crippen LogP contribution in [-0.2, 0) is 0 Å². The average Bonchev–Trinajstić information content (AvgIpc) is 1.87. The summed E-state index contributed by atoms with van der Waals surface area (Å²) in [5.41, 5.74) is 0.0268. The van der Waals surface area contributed by atoms with Crippen LogP contribution in [-0.4, -0.2) is 36.2 Å². The topological polar surface area (TPSA) is 23.5 Å². The molecule has 0 saturated carbocycles. The highest BCUT2D eigenvalue weighted by atomic mass is 16.3. The van der Waals surface area contributed by atoms with Gasteiger partial charge in [0.05, 0.1) is 0 Å². The van der Waals surface area contributed by atoms with Crippen molar-refractivity contribution in [3.8, 4) is 0 Å². The summed E-state index contributed by atoms with van der Waals surface area (Å²) in [6.07, 6.45) is 0. The van der Waals surface area contributed by atoms with Crippen molar-refractivity contribution >= 4 is 0 Å². The van der Waals surface area contributed by atoms with Crippen LogP contribution in [0.25, 0.3) is 0 Å². The Balaban J connectivity index is 3.83. The lowest BCUT2D eigenvalue weighted by molar-refractivity contribution is 0.102. The average molecular weight is 159 g/mol. The van der Waals surface area contributed by atoms with Crippen LogP contribution in [0.5, 0.6) is 0 Å². The molecule has 0 unspecified atom stereocenters. The third kappa shape index (κ3) is 4.38. The molecular formula is C9H21NO. The first-order valence-electron chi connectivity index (χ1n) is 4.20. The minimum atomic E-state index is 0.0268. The van der Waals surface area contributed by atoms with Crippen LogP contribution >= 0.6 is 0 Å². The van der Waals surface area contributed by atoms with Gasteiger partial charge in [-0.3, -0.25) is 0 Å². The van der Waals surface area contributed by atoms with Crippen molar-refractivity contribution in [1.82, 2.24) is 4.90 Å². The van der Waals surface area contributed by atoms with Gasteiger partial charge in [-0.1, -0.05) is 13.8 Å². The van der Waals surface area contributed by atoms with E-state index in [4.69, 9.17) is 5.11 Å². The second-order valence-electron chi connectivity index (χ2n) is 4.33. The van der Waals surface area contributed by atoms with Crippen LogP contribution in [0, 0.1) is 5.41 Å². The molecule has 0 aliphatic heterocycles. The molecule has 0 amide bonds. The predicted octanol–water partition coefficient (Wildman–Crippen LogP) is 1.35. The molecule has 0 aromatic carbocycles.